The molecule has 1 N–H and O–H groups in total. The molecule has 0 bridgehead atoms. The van der Waals surface area contributed by atoms with Crippen molar-refractivity contribution in [3.8, 4) is 5.75 Å². The van der Waals surface area contributed by atoms with Crippen LogP contribution < -0.4 is 0 Å². The number of methoxy groups -OCH3 is 1. The zero-order valence-corrected chi connectivity index (χ0v) is 18.0. The van der Waals surface area contributed by atoms with E-state index >= 15 is 0 Å². The lowest BCUT2D eigenvalue weighted by Crippen LogP contribution is -2.21. The first kappa shape index (κ1) is 22.5. The summed E-state index contributed by atoms with van der Waals surface area (Å²) in [6.45, 7) is 3.98. The van der Waals surface area contributed by atoms with E-state index < -0.39 is 10.3 Å². The lowest BCUT2D eigenvalue weighted by molar-refractivity contribution is -0.384. The molecule has 2 rings (SSSR count). The second-order valence-corrected chi connectivity index (χ2v) is 8.02. The largest absolute Gasteiger partial charge is 0.508 e. The average Bonchev–Trinajstić information content (AvgIpc) is 2.67. The molecule has 0 saturated heterocycles. The Morgan fingerprint density at radius 1 is 1.28 bits per heavy atom. The second-order valence-electron chi connectivity index (χ2n) is 7.10. The number of nitrogens with zero attached hydrogens (tertiary/aromatic N) is 3. The summed E-state index contributed by atoms with van der Waals surface area (Å²) in [5.74, 6) is -0.189. The van der Waals surface area contributed by atoms with Gasteiger partial charge in [0.25, 0.3) is 5.69 Å². The van der Waals surface area contributed by atoms with Crippen molar-refractivity contribution in [2.24, 2.45) is 10.2 Å². The fourth-order valence-corrected chi connectivity index (χ4v) is 3.08. The van der Waals surface area contributed by atoms with Gasteiger partial charge in [0, 0.05) is 27.9 Å². The van der Waals surface area contributed by atoms with Gasteiger partial charge in [0.15, 0.2) is 5.69 Å². The van der Waals surface area contributed by atoms with Crippen LogP contribution in [0.25, 0.3) is 0 Å². The highest BCUT2D eigenvalue weighted by Gasteiger charge is 2.25. The molecular formula is C20H22BrN3O5. The van der Waals surface area contributed by atoms with Gasteiger partial charge < -0.3 is 9.84 Å². The van der Waals surface area contributed by atoms with Crippen molar-refractivity contribution in [1.82, 2.24) is 0 Å². The number of rotatable bonds is 8. The van der Waals surface area contributed by atoms with Gasteiger partial charge in [-0.25, -0.2) is 0 Å². The Morgan fingerprint density at radius 3 is 2.66 bits per heavy atom. The number of benzene rings is 2. The monoisotopic (exact) mass is 463 g/mol. The quantitative estimate of drug-likeness (QED) is 0.249. The number of carbonyl (C=O) groups excluding carboxylic acids is 1. The van der Waals surface area contributed by atoms with Crippen LogP contribution in [0.5, 0.6) is 5.75 Å². The summed E-state index contributed by atoms with van der Waals surface area (Å²) >= 11 is 3.20. The molecule has 0 aliphatic heterocycles. The van der Waals surface area contributed by atoms with Gasteiger partial charge in [0.05, 0.1) is 18.6 Å². The number of azo groups is 1. The number of phenols is 1. The Morgan fingerprint density at radius 2 is 2.00 bits per heavy atom. The third-order valence-electron chi connectivity index (χ3n) is 4.41. The summed E-state index contributed by atoms with van der Waals surface area (Å²) in [6, 6.07) is 9.71. The van der Waals surface area contributed by atoms with Gasteiger partial charge in [0.2, 0.25) is 0 Å². The van der Waals surface area contributed by atoms with Crippen LogP contribution >= 0.6 is 15.9 Å². The minimum absolute atomic E-state index is 0.113. The van der Waals surface area contributed by atoms with Gasteiger partial charge in [0.1, 0.15) is 5.75 Å². The molecule has 0 saturated carbocycles. The number of nitro groups is 1. The molecule has 29 heavy (non-hydrogen) atoms. The van der Waals surface area contributed by atoms with Crippen LogP contribution in [0.3, 0.4) is 0 Å². The summed E-state index contributed by atoms with van der Waals surface area (Å²) in [5, 5.41) is 29.6. The van der Waals surface area contributed by atoms with Gasteiger partial charge in [-0.3, -0.25) is 14.9 Å². The highest BCUT2D eigenvalue weighted by Crippen LogP contribution is 2.34. The average molecular weight is 464 g/mol. The van der Waals surface area contributed by atoms with Gasteiger partial charge in [-0.1, -0.05) is 41.9 Å². The number of carbonyl (C=O) groups is 1. The Labute approximate surface area is 176 Å². The first-order chi connectivity index (χ1) is 13.6. The van der Waals surface area contributed by atoms with E-state index in [-0.39, 0.29) is 36.1 Å². The molecule has 0 heterocycles. The molecule has 0 spiro atoms. The smallest absolute Gasteiger partial charge is 0.305 e. The third kappa shape index (κ3) is 6.08. The van der Waals surface area contributed by atoms with Crippen molar-refractivity contribution >= 4 is 33.3 Å². The molecule has 154 valence electrons. The number of nitro benzene ring substituents is 1. The fourth-order valence-electron chi connectivity index (χ4n) is 2.73. The maximum absolute atomic E-state index is 11.4. The zero-order chi connectivity index (χ0) is 21.6. The van der Waals surface area contributed by atoms with E-state index in [1.165, 1.54) is 19.2 Å². The number of halogens is 1. The number of hydrogen-bond donors (Lipinski definition) is 1. The number of aromatic hydroxyl groups is 1. The molecular weight excluding hydrogens is 442 g/mol. The molecule has 0 unspecified atom stereocenters. The number of aryl methyl sites for hydroxylation is 1. The number of esters is 1. The molecule has 0 aliphatic carbocycles. The molecule has 8 nitrogen and oxygen atoms in total. The first-order valence-electron chi connectivity index (χ1n) is 8.84. The van der Waals surface area contributed by atoms with Crippen LogP contribution in [0.2, 0.25) is 0 Å². The molecule has 0 amide bonds. The number of hydrogen-bond acceptors (Lipinski definition) is 7. The molecule has 0 aliphatic rings. The summed E-state index contributed by atoms with van der Waals surface area (Å²) in [6.07, 6.45) is 0.733. The van der Waals surface area contributed by atoms with Crippen molar-refractivity contribution in [3.05, 3.63) is 62.1 Å². The predicted molar refractivity (Wildman–Crippen MR) is 112 cm³/mol. The SMILES string of the molecule is COC(=O)CCc1ccc(O)c(C(C)(C)C/N=N/c2ccc(Br)cc2[N+](=O)[O-])c1. The summed E-state index contributed by atoms with van der Waals surface area (Å²) in [5.41, 5.74) is 0.971. The van der Waals surface area contributed by atoms with Gasteiger partial charge in [-0.2, -0.15) is 5.11 Å². The molecule has 9 heteroatoms. The van der Waals surface area contributed by atoms with E-state index in [1.807, 2.05) is 19.9 Å². The van der Waals surface area contributed by atoms with Crippen molar-refractivity contribution in [3.63, 3.8) is 0 Å². The van der Waals surface area contributed by atoms with Gasteiger partial charge in [-0.15, -0.1) is 5.11 Å². The van der Waals surface area contributed by atoms with E-state index in [1.54, 1.807) is 18.2 Å². The lowest BCUT2D eigenvalue weighted by Gasteiger charge is -2.24. The van der Waals surface area contributed by atoms with Crippen molar-refractivity contribution in [2.45, 2.75) is 32.1 Å². The summed E-state index contributed by atoms with van der Waals surface area (Å²) < 4.78 is 5.24. The van der Waals surface area contributed by atoms with Crippen LogP contribution in [-0.2, 0) is 21.4 Å². The van der Waals surface area contributed by atoms with Crippen molar-refractivity contribution < 1.29 is 19.6 Å². The molecule has 2 aromatic rings. The Hall–Kier alpha value is -2.81. The maximum atomic E-state index is 11.4. The van der Waals surface area contributed by atoms with Crippen LogP contribution in [0.15, 0.2) is 51.1 Å². The molecule has 0 radical (unpaired) electrons. The standard InChI is InChI=1S/C20H22BrN3O5/c1-20(2,12-22-23-16-7-6-14(21)11-17(16)24(27)28)15-10-13(4-8-18(15)25)5-9-19(26)29-3/h4,6-8,10-11,25H,5,9,12H2,1-3H3/b23-22+. The normalized spacial score (nSPS) is 11.6. The first-order valence-corrected chi connectivity index (χ1v) is 9.64. The van der Waals surface area contributed by atoms with Crippen molar-refractivity contribution in [1.29, 1.82) is 0 Å². The molecule has 0 aromatic heterocycles. The lowest BCUT2D eigenvalue weighted by atomic mass is 9.83. The predicted octanol–water partition coefficient (Wildman–Crippen LogP) is 5.23. The van der Waals surface area contributed by atoms with Crippen LogP contribution in [0, 0.1) is 10.1 Å². The second kappa shape index (κ2) is 9.60. The maximum Gasteiger partial charge on any atom is 0.305 e. The van der Waals surface area contributed by atoms with Gasteiger partial charge >= 0.3 is 5.97 Å². The Kier molecular flexibility index (Phi) is 7.44. The number of phenolic OH excluding ortho intramolecular Hbond substituents is 1. The van der Waals surface area contributed by atoms with Gasteiger partial charge in [-0.05, 0) is 30.2 Å². The van der Waals surface area contributed by atoms with E-state index in [4.69, 9.17) is 0 Å². The summed E-state index contributed by atoms with van der Waals surface area (Å²) in [4.78, 5) is 22.0. The minimum Gasteiger partial charge on any atom is -0.508 e. The van der Waals surface area contributed by atoms with E-state index in [0.717, 1.165) is 5.56 Å². The van der Waals surface area contributed by atoms with Crippen LogP contribution in [0.4, 0.5) is 11.4 Å². The van der Waals surface area contributed by atoms with E-state index in [9.17, 15) is 20.0 Å². The minimum atomic E-state index is -0.584. The Bertz CT molecular complexity index is 944. The van der Waals surface area contributed by atoms with Crippen LogP contribution in [0.1, 0.15) is 31.4 Å². The topological polar surface area (TPSA) is 114 Å². The third-order valence-corrected chi connectivity index (χ3v) is 4.91. The summed E-state index contributed by atoms with van der Waals surface area (Å²) in [7, 11) is 1.34. The van der Waals surface area contributed by atoms with Crippen LogP contribution in [-0.4, -0.2) is 29.7 Å². The Balaban J connectivity index is 2.20. The molecule has 0 atom stereocenters. The van der Waals surface area contributed by atoms with E-state index in [2.05, 4.69) is 30.9 Å². The fraction of sp³-hybridized carbons (Fsp3) is 0.350. The number of ether oxygens (including phenoxy) is 1. The molecule has 2 aromatic carbocycles. The highest BCUT2D eigenvalue weighted by molar-refractivity contribution is 9.10. The highest BCUT2D eigenvalue weighted by atomic mass is 79.9. The molecule has 0 fully saturated rings. The van der Waals surface area contributed by atoms with E-state index in [0.29, 0.717) is 16.5 Å². The van der Waals surface area contributed by atoms with Crippen molar-refractivity contribution in [2.75, 3.05) is 13.7 Å². The zero-order valence-electron chi connectivity index (χ0n) is 16.4.